The van der Waals surface area contributed by atoms with Crippen LogP contribution < -0.4 is 5.76 Å². The molecular formula is C15H10N6O3. The van der Waals surface area contributed by atoms with Crippen LogP contribution >= 0.6 is 0 Å². The molecule has 118 valence electrons. The van der Waals surface area contributed by atoms with Crippen molar-refractivity contribution in [3.63, 3.8) is 0 Å². The molecule has 0 aliphatic heterocycles. The predicted octanol–water partition coefficient (Wildman–Crippen LogP) is 1.39. The number of hydrogen-bond donors (Lipinski definition) is 0. The molecule has 3 heterocycles. The summed E-state index contributed by atoms with van der Waals surface area (Å²) in [6.45, 7) is 0.0462. The fraction of sp³-hybridized carbons (Fsp3) is 0.0667. The van der Waals surface area contributed by atoms with Crippen molar-refractivity contribution in [2.24, 2.45) is 0 Å². The van der Waals surface area contributed by atoms with Crippen molar-refractivity contribution in [2.75, 3.05) is 0 Å². The minimum Gasteiger partial charge on any atom is -0.334 e. The van der Waals surface area contributed by atoms with Gasteiger partial charge in [0.25, 0.3) is 5.89 Å². The second-order valence-electron chi connectivity index (χ2n) is 4.83. The van der Waals surface area contributed by atoms with Gasteiger partial charge in [0.05, 0.1) is 12.7 Å². The molecule has 3 aromatic heterocycles. The molecule has 0 atom stereocenters. The fourth-order valence-corrected chi connectivity index (χ4v) is 2.16. The number of hydrogen-bond acceptors (Lipinski definition) is 8. The molecule has 4 aromatic rings. The lowest BCUT2D eigenvalue weighted by Gasteiger charge is -1.99. The molecule has 0 fully saturated rings. The Morgan fingerprint density at radius 1 is 1.04 bits per heavy atom. The zero-order chi connectivity index (χ0) is 16.4. The van der Waals surface area contributed by atoms with Crippen LogP contribution in [0.4, 0.5) is 0 Å². The van der Waals surface area contributed by atoms with Gasteiger partial charge in [-0.15, -0.1) is 0 Å². The van der Waals surface area contributed by atoms with E-state index in [4.69, 9.17) is 9.05 Å². The molecule has 9 nitrogen and oxygen atoms in total. The third kappa shape index (κ3) is 2.58. The van der Waals surface area contributed by atoms with E-state index in [1.807, 2.05) is 30.3 Å². The van der Waals surface area contributed by atoms with E-state index in [1.54, 1.807) is 0 Å². The van der Waals surface area contributed by atoms with Gasteiger partial charge in [0.2, 0.25) is 5.82 Å². The van der Waals surface area contributed by atoms with Crippen molar-refractivity contribution < 1.29 is 9.05 Å². The number of benzene rings is 1. The lowest BCUT2D eigenvalue weighted by atomic mass is 10.2. The topological polar surface area (TPSA) is 113 Å². The first-order valence-corrected chi connectivity index (χ1v) is 7.02. The first-order valence-electron chi connectivity index (χ1n) is 7.02. The highest BCUT2D eigenvalue weighted by Gasteiger charge is 2.17. The molecule has 0 unspecified atom stereocenters. The monoisotopic (exact) mass is 322 g/mol. The standard InChI is InChI=1S/C15H10N6O3/c22-15-21(13(20-24-15)11-8-16-6-7-17-11)9-12-18-14(23-19-12)10-4-2-1-3-5-10/h1-8H,9H2. The Hall–Kier alpha value is -3.62. The van der Waals surface area contributed by atoms with E-state index in [1.165, 1.54) is 23.2 Å². The van der Waals surface area contributed by atoms with Crippen LogP contribution in [0.3, 0.4) is 0 Å². The Morgan fingerprint density at radius 2 is 1.92 bits per heavy atom. The maximum atomic E-state index is 11.9. The second-order valence-corrected chi connectivity index (χ2v) is 4.83. The van der Waals surface area contributed by atoms with Crippen molar-refractivity contribution >= 4 is 0 Å². The van der Waals surface area contributed by atoms with E-state index in [9.17, 15) is 4.79 Å². The Bertz CT molecular complexity index is 1010. The van der Waals surface area contributed by atoms with Crippen LogP contribution in [0.5, 0.6) is 0 Å². The third-order valence-corrected chi connectivity index (χ3v) is 3.27. The minimum atomic E-state index is -0.637. The summed E-state index contributed by atoms with van der Waals surface area (Å²) in [5.74, 6) is 0.307. The molecule has 0 amide bonds. The molecule has 0 N–H and O–H groups in total. The van der Waals surface area contributed by atoms with Crippen molar-refractivity contribution in [1.82, 2.24) is 29.8 Å². The molecule has 0 aliphatic rings. The van der Waals surface area contributed by atoms with Crippen LogP contribution in [0.1, 0.15) is 5.82 Å². The maximum Gasteiger partial charge on any atom is 0.442 e. The third-order valence-electron chi connectivity index (χ3n) is 3.27. The molecule has 0 saturated carbocycles. The van der Waals surface area contributed by atoms with Crippen LogP contribution in [-0.2, 0) is 6.54 Å². The van der Waals surface area contributed by atoms with Crippen LogP contribution in [0.25, 0.3) is 23.0 Å². The molecule has 24 heavy (non-hydrogen) atoms. The summed E-state index contributed by atoms with van der Waals surface area (Å²) >= 11 is 0. The highest BCUT2D eigenvalue weighted by atomic mass is 16.5. The van der Waals surface area contributed by atoms with E-state index in [-0.39, 0.29) is 12.4 Å². The van der Waals surface area contributed by atoms with E-state index < -0.39 is 5.76 Å². The molecule has 9 heteroatoms. The molecular weight excluding hydrogens is 312 g/mol. The molecule has 1 aromatic carbocycles. The molecule has 0 spiro atoms. The van der Waals surface area contributed by atoms with Gasteiger partial charge in [-0.3, -0.25) is 9.51 Å². The Labute approximate surface area is 134 Å². The lowest BCUT2D eigenvalue weighted by molar-refractivity contribution is 0.376. The first kappa shape index (κ1) is 14.0. The number of rotatable bonds is 4. The minimum absolute atomic E-state index is 0.0462. The van der Waals surface area contributed by atoms with Crippen molar-refractivity contribution in [3.8, 4) is 23.0 Å². The summed E-state index contributed by atoms with van der Waals surface area (Å²) in [6.07, 6.45) is 4.51. The van der Waals surface area contributed by atoms with Crippen LogP contribution in [0.15, 0.2) is 62.8 Å². The molecule has 4 rings (SSSR count). The van der Waals surface area contributed by atoms with Gasteiger partial charge < -0.3 is 4.52 Å². The molecule has 0 radical (unpaired) electrons. The smallest absolute Gasteiger partial charge is 0.334 e. The SMILES string of the molecule is O=c1onc(-c2cnccn2)n1Cc1noc(-c2ccccc2)n1. The second kappa shape index (κ2) is 5.88. The van der Waals surface area contributed by atoms with Crippen LogP contribution in [-0.4, -0.2) is 29.8 Å². The van der Waals surface area contributed by atoms with Gasteiger partial charge in [-0.2, -0.15) is 4.98 Å². The fourth-order valence-electron chi connectivity index (χ4n) is 2.16. The van der Waals surface area contributed by atoms with Crippen LogP contribution in [0, 0.1) is 0 Å². The zero-order valence-corrected chi connectivity index (χ0v) is 12.2. The Morgan fingerprint density at radius 3 is 2.71 bits per heavy atom. The zero-order valence-electron chi connectivity index (χ0n) is 12.2. The summed E-state index contributed by atoms with van der Waals surface area (Å²) in [6, 6.07) is 9.35. The van der Waals surface area contributed by atoms with Gasteiger partial charge in [0.15, 0.2) is 5.82 Å². The molecule has 0 bridgehead atoms. The van der Waals surface area contributed by atoms with E-state index >= 15 is 0 Å². The first-order chi connectivity index (χ1) is 11.8. The maximum absolute atomic E-state index is 11.9. The van der Waals surface area contributed by atoms with Crippen molar-refractivity contribution in [2.45, 2.75) is 6.54 Å². The van der Waals surface area contributed by atoms with Gasteiger partial charge in [0, 0.05) is 18.0 Å². The van der Waals surface area contributed by atoms with Gasteiger partial charge in [-0.25, -0.2) is 14.3 Å². The Kier molecular flexibility index (Phi) is 3.43. The van der Waals surface area contributed by atoms with Gasteiger partial charge in [0.1, 0.15) is 5.69 Å². The Balaban J connectivity index is 1.67. The van der Waals surface area contributed by atoms with Crippen LogP contribution in [0.2, 0.25) is 0 Å². The average Bonchev–Trinajstić information content (AvgIpc) is 3.25. The average molecular weight is 322 g/mol. The summed E-state index contributed by atoms with van der Waals surface area (Å²) in [7, 11) is 0. The van der Waals surface area contributed by atoms with Gasteiger partial charge >= 0.3 is 5.76 Å². The van der Waals surface area contributed by atoms with E-state index in [2.05, 4.69) is 25.3 Å². The predicted molar refractivity (Wildman–Crippen MR) is 80.6 cm³/mol. The number of nitrogens with zero attached hydrogens (tertiary/aromatic N) is 6. The lowest BCUT2D eigenvalue weighted by Crippen LogP contribution is -2.17. The molecule has 0 aliphatic carbocycles. The summed E-state index contributed by atoms with van der Waals surface area (Å²) in [4.78, 5) is 24.2. The molecule has 0 saturated heterocycles. The normalized spacial score (nSPS) is 10.8. The van der Waals surface area contributed by atoms with E-state index in [0.717, 1.165) is 5.56 Å². The quantitative estimate of drug-likeness (QED) is 0.554. The van der Waals surface area contributed by atoms with Gasteiger partial charge in [-0.1, -0.05) is 28.5 Å². The number of aromatic nitrogens is 6. The summed E-state index contributed by atoms with van der Waals surface area (Å²) in [5.41, 5.74) is 1.21. The highest BCUT2D eigenvalue weighted by molar-refractivity contribution is 5.52. The summed E-state index contributed by atoms with van der Waals surface area (Å²) < 4.78 is 11.2. The van der Waals surface area contributed by atoms with Gasteiger partial charge in [-0.05, 0) is 12.1 Å². The summed E-state index contributed by atoms with van der Waals surface area (Å²) in [5, 5.41) is 7.63. The van der Waals surface area contributed by atoms with Crippen molar-refractivity contribution in [1.29, 1.82) is 0 Å². The largest absolute Gasteiger partial charge is 0.442 e. The van der Waals surface area contributed by atoms with Crippen molar-refractivity contribution in [3.05, 3.63) is 65.3 Å². The highest BCUT2D eigenvalue weighted by Crippen LogP contribution is 2.17. The van der Waals surface area contributed by atoms with E-state index in [0.29, 0.717) is 17.4 Å².